The summed E-state index contributed by atoms with van der Waals surface area (Å²) in [4.78, 5) is 4.49. The lowest BCUT2D eigenvalue weighted by atomic mass is 10.1. The molecule has 5 nitrogen and oxygen atoms in total. The van der Waals surface area contributed by atoms with Gasteiger partial charge in [0.1, 0.15) is 23.4 Å². The summed E-state index contributed by atoms with van der Waals surface area (Å²) in [5.74, 6) is 4.61. The first kappa shape index (κ1) is 15.0. The van der Waals surface area contributed by atoms with Crippen LogP contribution in [0.3, 0.4) is 0 Å². The second-order valence-electron chi connectivity index (χ2n) is 6.76. The molecule has 3 heterocycles. The van der Waals surface area contributed by atoms with E-state index in [0.29, 0.717) is 5.92 Å². The van der Waals surface area contributed by atoms with Gasteiger partial charge in [-0.15, -0.1) is 0 Å². The number of nitrogens with one attached hydrogen (secondary N) is 1. The predicted octanol–water partition coefficient (Wildman–Crippen LogP) is 3.24. The highest BCUT2D eigenvalue weighted by molar-refractivity contribution is 5.17. The van der Waals surface area contributed by atoms with Gasteiger partial charge in [-0.3, -0.25) is 0 Å². The molecular weight excluding hydrogens is 290 g/mol. The van der Waals surface area contributed by atoms with Gasteiger partial charge in [-0.25, -0.2) is 4.98 Å². The Morgan fingerprint density at radius 3 is 3.04 bits per heavy atom. The van der Waals surface area contributed by atoms with Crippen molar-refractivity contribution in [3.8, 4) is 0 Å². The van der Waals surface area contributed by atoms with Crippen LogP contribution in [-0.4, -0.2) is 22.2 Å². The molecule has 1 aliphatic carbocycles. The number of aryl methyl sites for hydroxylation is 1. The lowest BCUT2D eigenvalue weighted by Gasteiger charge is -2.19. The first-order chi connectivity index (χ1) is 11.3. The van der Waals surface area contributed by atoms with Crippen LogP contribution in [0.1, 0.15) is 56.1 Å². The highest BCUT2D eigenvalue weighted by atomic mass is 16.5. The molecule has 4 rings (SSSR count). The summed E-state index contributed by atoms with van der Waals surface area (Å²) in [6.45, 7) is 6.86. The number of furan rings is 1. The van der Waals surface area contributed by atoms with Crippen molar-refractivity contribution in [2.24, 2.45) is 5.92 Å². The van der Waals surface area contributed by atoms with E-state index >= 15 is 0 Å². The predicted molar refractivity (Wildman–Crippen MR) is 87.1 cm³/mol. The Hall–Kier alpha value is -1.59. The van der Waals surface area contributed by atoms with E-state index in [1.165, 1.54) is 6.42 Å². The number of nitrogens with zero attached hydrogens (tertiary/aromatic N) is 2. The first-order valence-electron chi connectivity index (χ1n) is 8.71. The van der Waals surface area contributed by atoms with Crippen molar-refractivity contribution in [2.75, 3.05) is 6.61 Å². The Morgan fingerprint density at radius 2 is 2.26 bits per heavy atom. The summed E-state index contributed by atoms with van der Waals surface area (Å²) in [5.41, 5.74) is 0. The second kappa shape index (κ2) is 6.13. The van der Waals surface area contributed by atoms with Crippen LogP contribution in [0.4, 0.5) is 0 Å². The van der Waals surface area contributed by atoms with Crippen molar-refractivity contribution in [1.82, 2.24) is 14.9 Å². The smallest absolute Gasteiger partial charge is 0.139 e. The van der Waals surface area contributed by atoms with Crippen LogP contribution >= 0.6 is 0 Å². The van der Waals surface area contributed by atoms with E-state index in [9.17, 15) is 0 Å². The average Bonchev–Trinajstić information content (AvgIpc) is 3.04. The standard InChI is InChI=1S/C18H25N3O2/c1-3-21-8-7-19-18(21)17-15(6-9-22-17)20-11-13-4-5-16(23-13)14-10-12(14)2/h4-5,7-8,12,14-15,17,20H,3,6,9-11H2,1-2H3/t12-,14-,15+,17+/m1/s1. The first-order valence-corrected chi connectivity index (χ1v) is 8.71. The monoisotopic (exact) mass is 315 g/mol. The number of hydrogen-bond acceptors (Lipinski definition) is 4. The largest absolute Gasteiger partial charge is 0.464 e. The molecule has 0 radical (unpaired) electrons. The van der Waals surface area contributed by atoms with Crippen molar-refractivity contribution in [1.29, 1.82) is 0 Å². The molecule has 1 aliphatic heterocycles. The Kier molecular flexibility index (Phi) is 3.99. The molecule has 2 aromatic rings. The molecule has 5 heteroatoms. The number of ether oxygens (including phenoxy) is 1. The van der Waals surface area contributed by atoms with Crippen molar-refractivity contribution in [2.45, 2.75) is 57.8 Å². The molecule has 2 fully saturated rings. The zero-order valence-electron chi connectivity index (χ0n) is 13.9. The summed E-state index contributed by atoms with van der Waals surface area (Å²) < 4.78 is 14.1. The summed E-state index contributed by atoms with van der Waals surface area (Å²) in [7, 11) is 0. The van der Waals surface area contributed by atoms with E-state index in [1.54, 1.807) is 0 Å². The summed E-state index contributed by atoms with van der Waals surface area (Å²) in [6, 6.07) is 4.53. The second-order valence-corrected chi connectivity index (χ2v) is 6.76. The van der Waals surface area contributed by atoms with Crippen LogP contribution in [-0.2, 0) is 17.8 Å². The van der Waals surface area contributed by atoms with Crippen LogP contribution in [0.25, 0.3) is 0 Å². The maximum atomic E-state index is 5.98. The molecule has 1 saturated heterocycles. The Bertz CT molecular complexity index is 663. The lowest BCUT2D eigenvalue weighted by molar-refractivity contribution is 0.0882. The van der Waals surface area contributed by atoms with Gasteiger partial charge in [-0.05, 0) is 37.8 Å². The fraction of sp³-hybridized carbons (Fsp3) is 0.611. The van der Waals surface area contributed by atoms with Gasteiger partial charge < -0.3 is 19.0 Å². The maximum Gasteiger partial charge on any atom is 0.139 e. The van der Waals surface area contributed by atoms with E-state index in [-0.39, 0.29) is 12.1 Å². The van der Waals surface area contributed by atoms with E-state index in [0.717, 1.165) is 49.4 Å². The molecule has 2 aromatic heterocycles. The summed E-state index contributed by atoms with van der Waals surface area (Å²) >= 11 is 0. The third-order valence-electron chi connectivity index (χ3n) is 5.13. The Labute approximate surface area is 137 Å². The molecule has 124 valence electrons. The highest BCUT2D eigenvalue weighted by Crippen LogP contribution is 2.47. The van der Waals surface area contributed by atoms with E-state index in [2.05, 4.69) is 40.8 Å². The van der Waals surface area contributed by atoms with E-state index < -0.39 is 0 Å². The normalized spacial score (nSPS) is 30.0. The minimum absolute atomic E-state index is 0.0304. The molecule has 23 heavy (non-hydrogen) atoms. The number of rotatable bonds is 6. The van der Waals surface area contributed by atoms with Crippen LogP contribution in [0.2, 0.25) is 0 Å². The number of imidazole rings is 1. The molecular formula is C18H25N3O2. The molecule has 0 aromatic carbocycles. The lowest BCUT2D eigenvalue weighted by Crippen LogP contribution is -2.32. The van der Waals surface area contributed by atoms with Crippen LogP contribution in [0.5, 0.6) is 0 Å². The van der Waals surface area contributed by atoms with E-state index in [1.807, 2.05) is 12.4 Å². The third-order valence-corrected chi connectivity index (χ3v) is 5.13. The van der Waals surface area contributed by atoms with Gasteiger partial charge in [0, 0.05) is 37.5 Å². The van der Waals surface area contributed by atoms with Gasteiger partial charge in [0.2, 0.25) is 0 Å². The van der Waals surface area contributed by atoms with Gasteiger partial charge >= 0.3 is 0 Å². The van der Waals surface area contributed by atoms with Gasteiger partial charge in [-0.1, -0.05) is 6.92 Å². The summed E-state index contributed by atoms with van der Waals surface area (Å²) in [5, 5.41) is 3.60. The SMILES string of the molecule is CCn1ccnc1[C@H]1OCC[C@@H]1NCc1ccc([C@@H]2C[C@H]2C)o1. The zero-order chi connectivity index (χ0) is 15.8. The molecule has 4 atom stereocenters. The van der Waals surface area contributed by atoms with Gasteiger partial charge in [0.25, 0.3) is 0 Å². The minimum atomic E-state index is 0.0304. The van der Waals surface area contributed by atoms with Gasteiger partial charge in [0.15, 0.2) is 0 Å². The van der Waals surface area contributed by atoms with Crippen LogP contribution < -0.4 is 5.32 Å². The third kappa shape index (κ3) is 2.95. The topological polar surface area (TPSA) is 52.2 Å². The molecule has 0 spiro atoms. The zero-order valence-corrected chi connectivity index (χ0v) is 13.9. The highest BCUT2D eigenvalue weighted by Gasteiger charge is 2.37. The molecule has 0 amide bonds. The van der Waals surface area contributed by atoms with Crippen molar-refractivity contribution >= 4 is 0 Å². The summed E-state index contributed by atoms with van der Waals surface area (Å²) in [6.07, 6.45) is 6.17. The van der Waals surface area contributed by atoms with Crippen molar-refractivity contribution in [3.63, 3.8) is 0 Å². The Morgan fingerprint density at radius 1 is 1.39 bits per heavy atom. The number of aromatic nitrogens is 2. The Balaban J connectivity index is 1.39. The van der Waals surface area contributed by atoms with Gasteiger partial charge in [-0.2, -0.15) is 0 Å². The molecule has 0 bridgehead atoms. The van der Waals surface area contributed by atoms with Crippen LogP contribution in [0.15, 0.2) is 28.9 Å². The minimum Gasteiger partial charge on any atom is -0.464 e. The fourth-order valence-corrected chi connectivity index (χ4v) is 3.54. The fourth-order valence-electron chi connectivity index (χ4n) is 3.54. The van der Waals surface area contributed by atoms with E-state index in [4.69, 9.17) is 9.15 Å². The quantitative estimate of drug-likeness (QED) is 0.889. The van der Waals surface area contributed by atoms with Crippen molar-refractivity contribution in [3.05, 3.63) is 41.9 Å². The maximum absolute atomic E-state index is 5.98. The molecule has 1 saturated carbocycles. The van der Waals surface area contributed by atoms with Gasteiger partial charge in [0.05, 0.1) is 6.54 Å². The average molecular weight is 315 g/mol. The molecule has 1 N–H and O–H groups in total. The molecule has 2 aliphatic rings. The van der Waals surface area contributed by atoms with Crippen LogP contribution in [0, 0.1) is 5.92 Å². The molecule has 0 unspecified atom stereocenters. The number of hydrogen-bond donors (Lipinski definition) is 1. The van der Waals surface area contributed by atoms with Crippen molar-refractivity contribution < 1.29 is 9.15 Å².